The number of hydrogen-bond donors (Lipinski definition) is 0. The van der Waals surface area contributed by atoms with Crippen LogP contribution in [0.2, 0.25) is 0 Å². The van der Waals surface area contributed by atoms with Crippen molar-refractivity contribution in [3.63, 3.8) is 0 Å². The first-order chi connectivity index (χ1) is 4.81. The number of aryl methyl sites for hydroxylation is 1. The molecule has 0 saturated heterocycles. The second kappa shape index (κ2) is 6.99. The van der Waals surface area contributed by atoms with Crippen molar-refractivity contribution in [3.8, 4) is 0 Å². The molecule has 0 fully saturated rings. The monoisotopic (exact) mass is 249 g/mol. The lowest BCUT2D eigenvalue weighted by Gasteiger charge is -1.82. The molecule has 10 heavy (non-hydrogen) atoms. The van der Waals surface area contributed by atoms with Gasteiger partial charge < -0.3 is 0 Å². The zero-order chi connectivity index (χ0) is 7.82. The van der Waals surface area contributed by atoms with Crippen molar-refractivity contribution in [1.82, 2.24) is 4.98 Å². The summed E-state index contributed by atoms with van der Waals surface area (Å²) in [5.41, 5.74) is 1.07. The average Bonchev–Trinajstić information content (AvgIpc) is 1.91. The minimum absolute atomic E-state index is 1.07. The van der Waals surface area contributed by atoms with Crippen molar-refractivity contribution < 1.29 is 0 Å². The summed E-state index contributed by atoms with van der Waals surface area (Å²) in [7, 11) is 0. The van der Waals surface area contributed by atoms with Crippen LogP contribution in [0.1, 0.15) is 12.6 Å². The lowest BCUT2D eigenvalue weighted by atomic mass is 10.4. The Morgan fingerprint density at radius 3 is 2.30 bits per heavy atom. The van der Waals surface area contributed by atoms with Crippen LogP contribution >= 0.6 is 22.6 Å². The van der Waals surface area contributed by atoms with Gasteiger partial charge in [-0.2, -0.15) is 0 Å². The Balaban J connectivity index is 0.000000236. The highest BCUT2D eigenvalue weighted by atomic mass is 127. The van der Waals surface area contributed by atoms with Crippen molar-refractivity contribution in [1.29, 1.82) is 0 Å². The van der Waals surface area contributed by atoms with Gasteiger partial charge in [-0.25, -0.2) is 0 Å². The number of aromatic nitrogens is 1. The molecule has 1 heterocycles. The van der Waals surface area contributed by atoms with Gasteiger partial charge in [0.15, 0.2) is 0 Å². The number of pyridine rings is 1. The van der Waals surface area contributed by atoms with Gasteiger partial charge in [0, 0.05) is 11.9 Å². The molecule has 0 bridgehead atoms. The Bertz CT molecular complexity index is 151. The Labute approximate surface area is 76.0 Å². The summed E-state index contributed by atoms with van der Waals surface area (Å²) in [5, 5.41) is 0. The van der Waals surface area contributed by atoms with E-state index in [4.69, 9.17) is 0 Å². The molecule has 0 radical (unpaired) electrons. The summed E-state index contributed by atoms with van der Waals surface area (Å²) < 4.78 is 1.22. The van der Waals surface area contributed by atoms with E-state index in [1.54, 1.807) is 6.20 Å². The van der Waals surface area contributed by atoms with Crippen molar-refractivity contribution in [2.45, 2.75) is 13.8 Å². The van der Waals surface area contributed by atoms with E-state index in [0.717, 1.165) is 5.69 Å². The van der Waals surface area contributed by atoms with Gasteiger partial charge in [0.05, 0.1) is 0 Å². The zero-order valence-corrected chi connectivity index (χ0v) is 8.50. The third-order valence-electron chi connectivity index (χ3n) is 0.813. The highest BCUT2D eigenvalue weighted by Crippen LogP contribution is 1.85. The van der Waals surface area contributed by atoms with Gasteiger partial charge in [0.25, 0.3) is 0 Å². The fourth-order valence-electron chi connectivity index (χ4n) is 0.448. The molecule has 56 valence electrons. The summed E-state index contributed by atoms with van der Waals surface area (Å²) in [5.74, 6) is 0. The Morgan fingerprint density at radius 1 is 1.50 bits per heavy atom. The molecule has 0 atom stereocenters. The van der Waals surface area contributed by atoms with Gasteiger partial charge >= 0.3 is 0 Å². The largest absolute Gasteiger partial charge is 0.262 e. The van der Waals surface area contributed by atoms with Crippen molar-refractivity contribution >= 4 is 22.6 Å². The molecule has 1 rings (SSSR count). The second-order valence-corrected chi connectivity index (χ2v) is 3.26. The van der Waals surface area contributed by atoms with Gasteiger partial charge in [0.2, 0.25) is 0 Å². The molecule has 2 heteroatoms. The van der Waals surface area contributed by atoms with Crippen LogP contribution in [0.4, 0.5) is 0 Å². The second-order valence-electron chi connectivity index (χ2n) is 1.74. The normalized spacial score (nSPS) is 7.90. The Kier molecular flexibility index (Phi) is 6.91. The van der Waals surface area contributed by atoms with Gasteiger partial charge in [-0.05, 0) is 23.5 Å². The number of nitrogens with zero attached hydrogens (tertiary/aromatic N) is 1. The maximum atomic E-state index is 3.98. The number of halogens is 1. The first-order valence-electron chi connectivity index (χ1n) is 3.24. The zero-order valence-electron chi connectivity index (χ0n) is 6.34. The van der Waals surface area contributed by atoms with E-state index in [2.05, 4.69) is 34.5 Å². The molecule has 0 aromatic carbocycles. The van der Waals surface area contributed by atoms with Gasteiger partial charge in [-0.1, -0.05) is 35.6 Å². The van der Waals surface area contributed by atoms with Crippen LogP contribution in [0.3, 0.4) is 0 Å². The molecule has 0 N–H and O–H groups in total. The van der Waals surface area contributed by atoms with Crippen molar-refractivity contribution in [3.05, 3.63) is 30.1 Å². The molecule has 1 nitrogen and oxygen atoms in total. The molecule has 1 aromatic heterocycles. The van der Waals surface area contributed by atoms with Crippen LogP contribution in [-0.4, -0.2) is 9.41 Å². The maximum Gasteiger partial charge on any atom is 0.0372 e. The highest BCUT2D eigenvalue weighted by molar-refractivity contribution is 14.1. The summed E-state index contributed by atoms with van der Waals surface area (Å²) in [6.07, 6.45) is 1.79. The SMILES string of the molecule is CCI.Cc1ccccn1. The molecular formula is C8H12IN. The smallest absolute Gasteiger partial charge is 0.0372 e. The van der Waals surface area contributed by atoms with E-state index in [-0.39, 0.29) is 0 Å². The van der Waals surface area contributed by atoms with E-state index in [1.165, 1.54) is 4.43 Å². The van der Waals surface area contributed by atoms with Crippen LogP contribution in [0.15, 0.2) is 24.4 Å². The molecule has 0 aliphatic carbocycles. The number of hydrogen-bond acceptors (Lipinski definition) is 1. The highest BCUT2D eigenvalue weighted by Gasteiger charge is 1.73. The van der Waals surface area contributed by atoms with Crippen LogP contribution in [0.5, 0.6) is 0 Å². The quantitative estimate of drug-likeness (QED) is 0.509. The molecule has 0 spiro atoms. The van der Waals surface area contributed by atoms with Crippen LogP contribution in [-0.2, 0) is 0 Å². The first kappa shape index (κ1) is 9.88. The van der Waals surface area contributed by atoms with Crippen molar-refractivity contribution in [2.75, 3.05) is 4.43 Å². The fourth-order valence-corrected chi connectivity index (χ4v) is 0.448. The molecule has 0 unspecified atom stereocenters. The van der Waals surface area contributed by atoms with Gasteiger partial charge in [-0.3, -0.25) is 4.98 Å². The Morgan fingerprint density at radius 2 is 2.10 bits per heavy atom. The van der Waals surface area contributed by atoms with E-state index in [1.807, 2.05) is 25.1 Å². The fraction of sp³-hybridized carbons (Fsp3) is 0.375. The van der Waals surface area contributed by atoms with Crippen LogP contribution < -0.4 is 0 Å². The van der Waals surface area contributed by atoms with Gasteiger partial charge in [0.1, 0.15) is 0 Å². The number of alkyl halides is 1. The summed E-state index contributed by atoms with van der Waals surface area (Å²) in [4.78, 5) is 3.98. The minimum Gasteiger partial charge on any atom is -0.262 e. The van der Waals surface area contributed by atoms with Crippen LogP contribution in [0, 0.1) is 6.92 Å². The third kappa shape index (κ3) is 6.01. The molecule has 1 aromatic rings. The van der Waals surface area contributed by atoms with E-state index >= 15 is 0 Å². The van der Waals surface area contributed by atoms with Gasteiger partial charge in [-0.15, -0.1) is 0 Å². The number of rotatable bonds is 0. The van der Waals surface area contributed by atoms with E-state index in [0.29, 0.717) is 0 Å². The Hall–Kier alpha value is -0.120. The molecule has 0 saturated carbocycles. The lowest BCUT2D eigenvalue weighted by Crippen LogP contribution is -1.72. The molecule has 0 aliphatic heterocycles. The predicted octanol–water partition coefficient (Wildman–Crippen LogP) is 2.83. The summed E-state index contributed by atoms with van der Waals surface area (Å²) in [6.45, 7) is 4.08. The van der Waals surface area contributed by atoms with Crippen molar-refractivity contribution in [2.24, 2.45) is 0 Å². The van der Waals surface area contributed by atoms with Crippen LogP contribution in [0.25, 0.3) is 0 Å². The maximum absolute atomic E-state index is 3.98. The topological polar surface area (TPSA) is 12.9 Å². The molecule has 0 amide bonds. The summed E-state index contributed by atoms with van der Waals surface area (Å²) in [6, 6.07) is 5.86. The summed E-state index contributed by atoms with van der Waals surface area (Å²) >= 11 is 2.29. The van der Waals surface area contributed by atoms with E-state index < -0.39 is 0 Å². The first-order valence-corrected chi connectivity index (χ1v) is 4.77. The average molecular weight is 249 g/mol. The minimum atomic E-state index is 1.07. The third-order valence-corrected chi connectivity index (χ3v) is 0.813. The molecule has 0 aliphatic rings. The van der Waals surface area contributed by atoms with E-state index in [9.17, 15) is 0 Å². The molecular weight excluding hydrogens is 237 g/mol. The standard InChI is InChI=1S/C6H7N.C2H5I/c1-6-4-2-3-5-7-6;1-2-3/h2-5H,1H3;2H2,1H3. The predicted molar refractivity (Wildman–Crippen MR) is 53.5 cm³/mol. The lowest BCUT2D eigenvalue weighted by molar-refractivity contribution is 1.20.